The Bertz CT molecular complexity index is 653. The lowest BCUT2D eigenvalue weighted by Gasteiger charge is -2.14. The van der Waals surface area contributed by atoms with Gasteiger partial charge in [0.1, 0.15) is 11.9 Å². The zero-order chi connectivity index (χ0) is 14.5. The molecule has 4 nitrogen and oxygen atoms in total. The summed E-state index contributed by atoms with van der Waals surface area (Å²) in [5, 5.41) is 21.7. The molecular weight excluding hydrogens is 259 g/mol. The van der Waals surface area contributed by atoms with Gasteiger partial charge in [0.25, 0.3) is 0 Å². The number of phenolic OH excluding ortho intramolecular Hbond substituents is 1. The van der Waals surface area contributed by atoms with Gasteiger partial charge in [0.2, 0.25) is 0 Å². The molecule has 0 radical (unpaired) electrons. The molecule has 0 aromatic heterocycles. The number of phenols is 1. The summed E-state index contributed by atoms with van der Waals surface area (Å²) in [6, 6.07) is 11.9. The SMILES string of the molecule is COc1cc(C(C#N)Nc2cccc(F)c2)ccc1O. The zero-order valence-corrected chi connectivity index (χ0v) is 10.8. The molecular formula is C15H13FN2O2. The smallest absolute Gasteiger partial charge is 0.160 e. The van der Waals surface area contributed by atoms with Crippen molar-refractivity contribution in [2.75, 3.05) is 12.4 Å². The van der Waals surface area contributed by atoms with Gasteiger partial charge in [-0.3, -0.25) is 0 Å². The minimum Gasteiger partial charge on any atom is -0.504 e. The maximum absolute atomic E-state index is 13.1. The predicted octanol–water partition coefficient (Wildman–Crippen LogP) is 3.22. The molecule has 0 bridgehead atoms. The van der Waals surface area contributed by atoms with E-state index in [0.29, 0.717) is 11.3 Å². The lowest BCUT2D eigenvalue weighted by Crippen LogP contribution is -2.08. The molecule has 0 aliphatic rings. The average Bonchev–Trinajstić information content (AvgIpc) is 2.45. The van der Waals surface area contributed by atoms with E-state index in [4.69, 9.17) is 4.74 Å². The number of ether oxygens (including phenoxy) is 1. The van der Waals surface area contributed by atoms with Gasteiger partial charge in [0.15, 0.2) is 11.5 Å². The maximum Gasteiger partial charge on any atom is 0.160 e. The lowest BCUT2D eigenvalue weighted by atomic mass is 10.1. The average molecular weight is 272 g/mol. The van der Waals surface area contributed by atoms with Crippen LogP contribution in [0.5, 0.6) is 11.5 Å². The molecule has 102 valence electrons. The predicted molar refractivity (Wildman–Crippen MR) is 73.0 cm³/mol. The number of aromatic hydroxyl groups is 1. The van der Waals surface area contributed by atoms with Crippen LogP contribution in [0.15, 0.2) is 42.5 Å². The first-order valence-electron chi connectivity index (χ1n) is 5.92. The number of nitrogens with one attached hydrogen (secondary N) is 1. The monoisotopic (exact) mass is 272 g/mol. The third-order valence-corrected chi connectivity index (χ3v) is 2.80. The summed E-state index contributed by atoms with van der Waals surface area (Å²) in [4.78, 5) is 0. The van der Waals surface area contributed by atoms with E-state index in [9.17, 15) is 14.8 Å². The minimum atomic E-state index is -0.675. The van der Waals surface area contributed by atoms with Crippen LogP contribution in [0.4, 0.5) is 10.1 Å². The van der Waals surface area contributed by atoms with Crippen LogP contribution in [0.2, 0.25) is 0 Å². The Morgan fingerprint density at radius 2 is 2.10 bits per heavy atom. The highest BCUT2D eigenvalue weighted by molar-refractivity contribution is 5.50. The first-order valence-corrected chi connectivity index (χ1v) is 5.92. The van der Waals surface area contributed by atoms with Gasteiger partial charge in [0, 0.05) is 5.69 Å². The first-order chi connectivity index (χ1) is 9.63. The van der Waals surface area contributed by atoms with E-state index < -0.39 is 6.04 Å². The summed E-state index contributed by atoms with van der Waals surface area (Å²) in [6.07, 6.45) is 0. The van der Waals surface area contributed by atoms with Gasteiger partial charge in [-0.2, -0.15) is 5.26 Å². The van der Waals surface area contributed by atoms with Crippen LogP contribution in [0.3, 0.4) is 0 Å². The van der Waals surface area contributed by atoms with Crippen molar-refractivity contribution in [1.29, 1.82) is 5.26 Å². The van der Waals surface area contributed by atoms with Crippen molar-refractivity contribution < 1.29 is 14.2 Å². The van der Waals surface area contributed by atoms with Gasteiger partial charge in [0.05, 0.1) is 13.2 Å². The molecule has 2 rings (SSSR count). The molecule has 5 heteroatoms. The summed E-state index contributed by atoms with van der Waals surface area (Å²) in [5.41, 5.74) is 1.12. The summed E-state index contributed by atoms with van der Waals surface area (Å²) in [5.74, 6) is -0.0996. The number of hydrogen-bond acceptors (Lipinski definition) is 4. The van der Waals surface area contributed by atoms with Gasteiger partial charge in [-0.05, 0) is 35.9 Å². The van der Waals surface area contributed by atoms with Crippen molar-refractivity contribution in [3.05, 3.63) is 53.8 Å². The second-order valence-corrected chi connectivity index (χ2v) is 4.15. The Hall–Kier alpha value is -2.74. The topological polar surface area (TPSA) is 65.3 Å². The molecule has 20 heavy (non-hydrogen) atoms. The molecule has 1 unspecified atom stereocenters. The Balaban J connectivity index is 2.27. The van der Waals surface area contributed by atoms with Crippen LogP contribution < -0.4 is 10.1 Å². The number of nitrogens with zero attached hydrogens (tertiary/aromatic N) is 1. The molecule has 1 atom stereocenters. The number of halogens is 1. The van der Waals surface area contributed by atoms with E-state index in [1.165, 1.54) is 25.3 Å². The third kappa shape index (κ3) is 2.98. The standard InChI is InChI=1S/C15H13FN2O2/c1-20-15-7-10(5-6-14(15)19)13(9-17)18-12-4-2-3-11(16)8-12/h2-8,13,18-19H,1H3. The van der Waals surface area contributed by atoms with Gasteiger partial charge in [-0.15, -0.1) is 0 Å². The summed E-state index contributed by atoms with van der Waals surface area (Å²) >= 11 is 0. The molecule has 2 N–H and O–H groups in total. The molecule has 0 fully saturated rings. The van der Waals surface area contributed by atoms with Crippen LogP contribution in [-0.2, 0) is 0 Å². The van der Waals surface area contributed by atoms with E-state index in [0.717, 1.165) is 0 Å². The van der Waals surface area contributed by atoms with Crippen molar-refractivity contribution in [3.63, 3.8) is 0 Å². The van der Waals surface area contributed by atoms with Crippen LogP contribution >= 0.6 is 0 Å². The zero-order valence-electron chi connectivity index (χ0n) is 10.8. The highest BCUT2D eigenvalue weighted by atomic mass is 19.1. The van der Waals surface area contributed by atoms with Gasteiger partial charge >= 0.3 is 0 Å². The molecule has 0 amide bonds. The Kier molecular flexibility index (Phi) is 4.06. The summed E-state index contributed by atoms with van der Waals surface area (Å²) in [6.45, 7) is 0. The first kappa shape index (κ1) is 13.7. The largest absolute Gasteiger partial charge is 0.504 e. The number of rotatable bonds is 4. The second kappa shape index (κ2) is 5.93. The maximum atomic E-state index is 13.1. The fourth-order valence-corrected chi connectivity index (χ4v) is 1.81. The number of methoxy groups -OCH3 is 1. The van der Waals surface area contributed by atoms with Gasteiger partial charge < -0.3 is 15.2 Å². The molecule has 0 heterocycles. The van der Waals surface area contributed by atoms with E-state index >= 15 is 0 Å². The van der Waals surface area contributed by atoms with Crippen LogP contribution in [0.25, 0.3) is 0 Å². The highest BCUT2D eigenvalue weighted by Crippen LogP contribution is 2.30. The Morgan fingerprint density at radius 1 is 1.30 bits per heavy atom. The van der Waals surface area contributed by atoms with Crippen LogP contribution in [0.1, 0.15) is 11.6 Å². The number of nitriles is 1. The summed E-state index contributed by atoms with van der Waals surface area (Å²) < 4.78 is 18.1. The minimum absolute atomic E-state index is 0.00121. The molecule has 0 aliphatic heterocycles. The van der Waals surface area contributed by atoms with E-state index in [1.807, 2.05) is 0 Å². The van der Waals surface area contributed by atoms with Gasteiger partial charge in [-0.25, -0.2) is 4.39 Å². The van der Waals surface area contributed by atoms with Crippen molar-refractivity contribution in [3.8, 4) is 17.6 Å². The Labute approximate surface area is 116 Å². The quantitative estimate of drug-likeness (QED) is 0.897. The number of hydrogen-bond donors (Lipinski definition) is 2. The van der Waals surface area contributed by atoms with E-state index in [1.54, 1.807) is 24.3 Å². The Morgan fingerprint density at radius 3 is 2.75 bits per heavy atom. The fourth-order valence-electron chi connectivity index (χ4n) is 1.81. The van der Waals surface area contributed by atoms with E-state index in [2.05, 4.69) is 11.4 Å². The number of benzene rings is 2. The molecule has 0 saturated heterocycles. The third-order valence-electron chi connectivity index (χ3n) is 2.80. The van der Waals surface area contributed by atoms with Crippen molar-refractivity contribution >= 4 is 5.69 Å². The molecule has 2 aromatic rings. The molecule has 2 aromatic carbocycles. The lowest BCUT2D eigenvalue weighted by molar-refractivity contribution is 0.373. The second-order valence-electron chi connectivity index (χ2n) is 4.15. The van der Waals surface area contributed by atoms with Gasteiger partial charge in [-0.1, -0.05) is 12.1 Å². The highest BCUT2D eigenvalue weighted by Gasteiger charge is 2.13. The normalized spacial score (nSPS) is 11.4. The number of anilines is 1. The molecule has 0 aliphatic carbocycles. The van der Waals surface area contributed by atoms with Crippen molar-refractivity contribution in [2.45, 2.75) is 6.04 Å². The fraction of sp³-hybridized carbons (Fsp3) is 0.133. The van der Waals surface area contributed by atoms with Crippen molar-refractivity contribution in [1.82, 2.24) is 0 Å². The van der Waals surface area contributed by atoms with Crippen LogP contribution in [-0.4, -0.2) is 12.2 Å². The van der Waals surface area contributed by atoms with Crippen LogP contribution in [0, 0.1) is 17.1 Å². The molecule has 0 saturated carbocycles. The van der Waals surface area contributed by atoms with Crippen molar-refractivity contribution in [2.24, 2.45) is 0 Å². The summed E-state index contributed by atoms with van der Waals surface area (Å²) in [7, 11) is 1.43. The molecule has 0 spiro atoms. The van der Waals surface area contributed by atoms with E-state index in [-0.39, 0.29) is 17.3 Å².